The van der Waals surface area contributed by atoms with E-state index < -0.39 is 17.4 Å². The molecule has 0 saturated carbocycles. The number of anilines is 1. The molecule has 5 heterocycles. The summed E-state index contributed by atoms with van der Waals surface area (Å²) in [6.45, 7) is 1.71. The van der Waals surface area contributed by atoms with E-state index in [2.05, 4.69) is 26.1 Å². The van der Waals surface area contributed by atoms with Crippen LogP contribution in [0.1, 0.15) is 31.2 Å². The molecule has 6 rings (SSSR count). The second-order valence-corrected chi connectivity index (χ2v) is 9.65. The van der Waals surface area contributed by atoms with Gasteiger partial charge in [0.15, 0.2) is 0 Å². The van der Waals surface area contributed by atoms with E-state index in [1.807, 2.05) is 18.2 Å². The number of ether oxygens (including phenoxy) is 1. The minimum Gasteiger partial charge on any atom is -0.376 e. The SMILES string of the molecule is O=C1[C@H]2[C@@H]3CCCN3[C@@]3(C(=O)Nc4ccc(Br)cc43)[C@H]2C(=O)N1C[C@@H]1CCCO1. The molecule has 1 N–H and O–H groups in total. The van der Waals surface area contributed by atoms with Crippen LogP contribution < -0.4 is 5.32 Å². The van der Waals surface area contributed by atoms with Crippen molar-refractivity contribution in [2.24, 2.45) is 11.8 Å². The van der Waals surface area contributed by atoms with Crippen LogP contribution in [0.15, 0.2) is 22.7 Å². The van der Waals surface area contributed by atoms with E-state index >= 15 is 0 Å². The topological polar surface area (TPSA) is 79.0 Å². The highest BCUT2D eigenvalue weighted by molar-refractivity contribution is 9.10. The number of likely N-dealkylation sites (tertiary alicyclic amines) is 1. The van der Waals surface area contributed by atoms with E-state index in [0.29, 0.717) is 13.2 Å². The second-order valence-electron chi connectivity index (χ2n) is 8.74. The number of halogens is 1. The smallest absolute Gasteiger partial charge is 0.250 e. The first-order chi connectivity index (χ1) is 14.0. The predicted octanol–water partition coefficient (Wildman–Crippen LogP) is 1.85. The van der Waals surface area contributed by atoms with Gasteiger partial charge < -0.3 is 10.1 Å². The standard InChI is InChI=1S/C21H22BrN3O4/c22-11-5-6-14-13(9-11)21(20(28)23-14)17-16(15-4-1-7-25(15)21)18(26)24(19(17)27)10-12-3-2-8-29-12/h5-6,9,12,15-17H,1-4,7-8,10H2,(H,23,28)/t12-,15-,16-,17+,21+/m0/s1. The van der Waals surface area contributed by atoms with Gasteiger partial charge in [0.2, 0.25) is 17.7 Å². The third-order valence-electron chi connectivity index (χ3n) is 7.46. The quantitative estimate of drug-likeness (QED) is 0.682. The predicted molar refractivity (Wildman–Crippen MR) is 107 cm³/mol. The van der Waals surface area contributed by atoms with Gasteiger partial charge in [-0.05, 0) is 50.4 Å². The van der Waals surface area contributed by atoms with E-state index in [1.54, 1.807) is 0 Å². The number of nitrogens with one attached hydrogen (secondary N) is 1. The van der Waals surface area contributed by atoms with Gasteiger partial charge >= 0.3 is 0 Å². The van der Waals surface area contributed by atoms with Crippen molar-refractivity contribution in [2.75, 3.05) is 25.0 Å². The van der Waals surface area contributed by atoms with Crippen LogP contribution in [0.25, 0.3) is 0 Å². The highest BCUT2D eigenvalue weighted by Gasteiger charge is 2.74. The third kappa shape index (κ3) is 2.17. The van der Waals surface area contributed by atoms with Crippen LogP contribution in [0.3, 0.4) is 0 Å². The second kappa shape index (κ2) is 6.12. The molecule has 5 atom stereocenters. The Morgan fingerprint density at radius 2 is 2.03 bits per heavy atom. The Morgan fingerprint density at radius 3 is 2.83 bits per heavy atom. The van der Waals surface area contributed by atoms with Crippen LogP contribution in [0.2, 0.25) is 0 Å². The maximum atomic E-state index is 13.6. The van der Waals surface area contributed by atoms with Crippen molar-refractivity contribution in [3.05, 3.63) is 28.2 Å². The summed E-state index contributed by atoms with van der Waals surface area (Å²) >= 11 is 3.52. The van der Waals surface area contributed by atoms with E-state index in [1.165, 1.54) is 4.90 Å². The Morgan fingerprint density at radius 1 is 1.17 bits per heavy atom. The Balaban J connectivity index is 1.48. The van der Waals surface area contributed by atoms with E-state index in [0.717, 1.165) is 48.0 Å². The Kier molecular flexibility index (Phi) is 3.81. The molecule has 1 aromatic rings. The fourth-order valence-corrected chi connectivity index (χ4v) is 6.77. The van der Waals surface area contributed by atoms with Gasteiger partial charge in [-0.2, -0.15) is 0 Å². The van der Waals surface area contributed by atoms with Crippen molar-refractivity contribution in [3.63, 3.8) is 0 Å². The maximum absolute atomic E-state index is 13.6. The summed E-state index contributed by atoms with van der Waals surface area (Å²) in [6, 6.07) is 5.63. The zero-order valence-electron chi connectivity index (χ0n) is 15.9. The minimum absolute atomic E-state index is 0.0679. The molecule has 29 heavy (non-hydrogen) atoms. The Hall–Kier alpha value is -1.77. The number of fused-ring (bicyclic) bond motifs is 7. The lowest BCUT2D eigenvalue weighted by atomic mass is 9.75. The molecular weight excluding hydrogens is 438 g/mol. The zero-order chi connectivity index (χ0) is 19.9. The normalized spacial score (nSPS) is 38.1. The summed E-state index contributed by atoms with van der Waals surface area (Å²) in [6.07, 6.45) is 3.50. The number of carbonyl (C=O) groups excluding carboxylic acids is 3. The Bertz CT molecular complexity index is 946. The Labute approximate surface area is 176 Å². The summed E-state index contributed by atoms with van der Waals surface area (Å²) in [5.41, 5.74) is 0.460. The van der Waals surface area contributed by atoms with Crippen LogP contribution in [0, 0.1) is 11.8 Å². The molecule has 1 aromatic carbocycles. The van der Waals surface area contributed by atoms with Crippen LogP contribution in [0.5, 0.6) is 0 Å². The first-order valence-corrected chi connectivity index (χ1v) is 11.2. The van der Waals surface area contributed by atoms with Gasteiger partial charge in [0.05, 0.1) is 24.5 Å². The fourth-order valence-electron chi connectivity index (χ4n) is 6.41. The van der Waals surface area contributed by atoms with Gasteiger partial charge in [-0.3, -0.25) is 24.2 Å². The molecule has 0 radical (unpaired) electrons. The van der Waals surface area contributed by atoms with Crippen LogP contribution >= 0.6 is 15.9 Å². The summed E-state index contributed by atoms with van der Waals surface area (Å²) in [4.78, 5) is 44.1. The van der Waals surface area contributed by atoms with E-state index in [-0.39, 0.29) is 29.9 Å². The van der Waals surface area contributed by atoms with E-state index in [4.69, 9.17) is 4.74 Å². The molecule has 0 aromatic heterocycles. The molecule has 7 nitrogen and oxygen atoms in total. The third-order valence-corrected chi connectivity index (χ3v) is 7.95. The monoisotopic (exact) mass is 459 g/mol. The molecule has 4 fully saturated rings. The first kappa shape index (κ1) is 18.0. The van der Waals surface area contributed by atoms with Crippen LogP contribution in [0.4, 0.5) is 5.69 Å². The molecule has 0 bridgehead atoms. The average molecular weight is 460 g/mol. The van der Waals surface area contributed by atoms with Gasteiger partial charge in [-0.15, -0.1) is 0 Å². The largest absolute Gasteiger partial charge is 0.376 e. The number of nitrogens with zero attached hydrogens (tertiary/aromatic N) is 2. The molecule has 5 aliphatic heterocycles. The number of hydrogen-bond acceptors (Lipinski definition) is 5. The molecular formula is C21H22BrN3O4. The van der Waals surface area contributed by atoms with Crippen molar-refractivity contribution in [2.45, 2.75) is 43.4 Å². The average Bonchev–Trinajstić information content (AvgIpc) is 3.47. The summed E-state index contributed by atoms with van der Waals surface area (Å²) < 4.78 is 6.55. The number of benzene rings is 1. The lowest BCUT2D eigenvalue weighted by Gasteiger charge is -2.37. The number of hydrogen-bond donors (Lipinski definition) is 1. The molecule has 5 aliphatic rings. The molecule has 8 heteroatoms. The van der Waals surface area contributed by atoms with Crippen LogP contribution in [-0.2, 0) is 24.7 Å². The van der Waals surface area contributed by atoms with Gasteiger partial charge in [0.25, 0.3) is 0 Å². The van der Waals surface area contributed by atoms with Gasteiger partial charge in [-0.25, -0.2) is 0 Å². The van der Waals surface area contributed by atoms with Crippen molar-refractivity contribution in [3.8, 4) is 0 Å². The molecule has 1 spiro atoms. The van der Waals surface area contributed by atoms with Gasteiger partial charge in [0, 0.05) is 28.4 Å². The minimum atomic E-state index is -1.09. The molecule has 0 unspecified atom stereocenters. The van der Waals surface area contributed by atoms with Crippen molar-refractivity contribution in [1.82, 2.24) is 9.80 Å². The molecule has 4 saturated heterocycles. The lowest BCUT2D eigenvalue weighted by Crippen LogP contribution is -2.54. The number of amides is 3. The molecule has 0 aliphatic carbocycles. The summed E-state index contributed by atoms with van der Waals surface area (Å²) in [5.74, 6) is -1.64. The number of rotatable bonds is 2. The van der Waals surface area contributed by atoms with Crippen molar-refractivity contribution >= 4 is 39.3 Å². The highest BCUT2D eigenvalue weighted by Crippen LogP contribution is 2.60. The van der Waals surface area contributed by atoms with Gasteiger partial charge in [0.1, 0.15) is 5.54 Å². The van der Waals surface area contributed by atoms with E-state index in [9.17, 15) is 14.4 Å². The highest BCUT2D eigenvalue weighted by atomic mass is 79.9. The fraction of sp³-hybridized carbons (Fsp3) is 0.571. The summed E-state index contributed by atoms with van der Waals surface area (Å²) in [7, 11) is 0. The lowest BCUT2D eigenvalue weighted by molar-refractivity contribution is -0.147. The molecule has 152 valence electrons. The van der Waals surface area contributed by atoms with Crippen LogP contribution in [-0.4, -0.2) is 59.4 Å². The number of imide groups is 1. The maximum Gasteiger partial charge on any atom is 0.250 e. The molecule has 3 amide bonds. The van der Waals surface area contributed by atoms with Crippen molar-refractivity contribution in [1.29, 1.82) is 0 Å². The number of carbonyl (C=O) groups is 3. The first-order valence-electron chi connectivity index (χ1n) is 10.4. The van der Waals surface area contributed by atoms with Crippen molar-refractivity contribution < 1.29 is 19.1 Å². The zero-order valence-corrected chi connectivity index (χ0v) is 17.5. The summed E-state index contributed by atoms with van der Waals surface area (Å²) in [5, 5.41) is 3.00. The van der Waals surface area contributed by atoms with Gasteiger partial charge in [-0.1, -0.05) is 15.9 Å².